The second kappa shape index (κ2) is 6.25. The SMILES string of the molecule is O=c1[nH]c(=O)c2cc3c(=O)[nH]c(=O)c3cc12.O=c1[nH]c(=O)c2cc3c(=O)[nH]c(=O)c3cc12. The number of nitrogens with one attached hydrogen (secondary N) is 4. The third-order valence-corrected chi connectivity index (χ3v) is 5.18. The van der Waals surface area contributed by atoms with E-state index in [-0.39, 0.29) is 43.1 Å². The molecule has 6 aromatic rings. The highest BCUT2D eigenvalue weighted by atomic mass is 16.2. The fourth-order valence-corrected chi connectivity index (χ4v) is 3.65. The van der Waals surface area contributed by atoms with Crippen LogP contribution in [0.3, 0.4) is 0 Å². The van der Waals surface area contributed by atoms with Gasteiger partial charge in [-0.05, 0) is 24.3 Å². The Morgan fingerprint density at radius 3 is 0.531 bits per heavy atom. The summed E-state index contributed by atoms with van der Waals surface area (Å²) in [6, 6.07) is 5.08. The molecule has 0 aliphatic carbocycles. The van der Waals surface area contributed by atoms with Gasteiger partial charge in [0.2, 0.25) is 0 Å². The molecule has 0 spiro atoms. The normalized spacial score (nSPS) is 11.5. The van der Waals surface area contributed by atoms with Crippen LogP contribution < -0.4 is 44.5 Å². The molecule has 0 saturated carbocycles. The molecule has 0 saturated heterocycles. The van der Waals surface area contributed by atoms with Gasteiger partial charge in [0, 0.05) is 0 Å². The molecule has 0 fully saturated rings. The molecule has 0 unspecified atom stereocenters. The summed E-state index contributed by atoms with van der Waals surface area (Å²) >= 11 is 0. The van der Waals surface area contributed by atoms with Gasteiger partial charge in [0.1, 0.15) is 0 Å². The lowest BCUT2D eigenvalue weighted by molar-refractivity contribution is 1.26. The monoisotopic (exact) mass is 432 g/mol. The number of benzene rings is 2. The third-order valence-electron chi connectivity index (χ3n) is 5.18. The van der Waals surface area contributed by atoms with Crippen molar-refractivity contribution in [2.75, 3.05) is 0 Å². The molecule has 4 N–H and O–H groups in total. The second-order valence-electron chi connectivity index (χ2n) is 7.02. The van der Waals surface area contributed by atoms with Gasteiger partial charge in [-0.2, -0.15) is 0 Å². The van der Waals surface area contributed by atoms with Crippen LogP contribution in [0.5, 0.6) is 0 Å². The van der Waals surface area contributed by atoms with E-state index in [0.29, 0.717) is 0 Å². The summed E-state index contributed by atoms with van der Waals surface area (Å²) in [5, 5.41) is 1.06. The van der Waals surface area contributed by atoms with E-state index in [2.05, 4.69) is 19.9 Å². The fourth-order valence-electron chi connectivity index (χ4n) is 3.65. The number of fused-ring (bicyclic) bond motifs is 4. The van der Waals surface area contributed by atoms with Gasteiger partial charge >= 0.3 is 0 Å². The van der Waals surface area contributed by atoms with Gasteiger partial charge in [0.05, 0.1) is 43.1 Å². The zero-order valence-electron chi connectivity index (χ0n) is 15.6. The van der Waals surface area contributed by atoms with Crippen LogP contribution in [-0.2, 0) is 0 Å². The highest BCUT2D eigenvalue weighted by molar-refractivity contribution is 5.98. The first-order valence-corrected chi connectivity index (χ1v) is 8.94. The molecule has 12 heteroatoms. The zero-order chi connectivity index (χ0) is 22.9. The minimum Gasteiger partial charge on any atom is -0.288 e. The van der Waals surface area contributed by atoms with E-state index >= 15 is 0 Å². The van der Waals surface area contributed by atoms with E-state index in [1.807, 2.05) is 0 Å². The van der Waals surface area contributed by atoms with Crippen LogP contribution in [0.1, 0.15) is 0 Å². The predicted octanol–water partition coefficient (Wildman–Crippen LogP) is -2.07. The molecule has 156 valence electrons. The number of aromatic amines is 4. The predicted molar refractivity (Wildman–Crippen MR) is 115 cm³/mol. The van der Waals surface area contributed by atoms with Crippen molar-refractivity contribution in [3.8, 4) is 0 Å². The summed E-state index contributed by atoms with van der Waals surface area (Å²) in [6.07, 6.45) is 0. The Bertz CT molecular complexity index is 1710. The van der Waals surface area contributed by atoms with E-state index in [0.717, 1.165) is 0 Å². The van der Waals surface area contributed by atoms with Crippen LogP contribution in [0.15, 0.2) is 62.6 Å². The lowest BCUT2D eigenvalue weighted by atomic mass is 10.1. The molecule has 0 bridgehead atoms. The molecule has 2 aromatic carbocycles. The number of aromatic nitrogens is 4. The van der Waals surface area contributed by atoms with E-state index in [1.54, 1.807) is 0 Å². The average molecular weight is 432 g/mol. The van der Waals surface area contributed by atoms with Crippen molar-refractivity contribution in [2.45, 2.75) is 0 Å². The standard InChI is InChI=1S/2C10H4N2O4/c2*13-7-3-1-4-6(10(16)12-8(4)14)2-5(3)9(15)11-7/h2*1-2H,(H,11,13,15)(H,12,14,16). The van der Waals surface area contributed by atoms with Gasteiger partial charge in [-0.15, -0.1) is 0 Å². The highest BCUT2D eigenvalue weighted by Gasteiger charge is 2.13. The maximum absolute atomic E-state index is 11.3. The molecule has 32 heavy (non-hydrogen) atoms. The number of H-pyrrole nitrogens is 4. The summed E-state index contributed by atoms with van der Waals surface area (Å²) in [4.78, 5) is 98.9. The smallest absolute Gasteiger partial charge is 0.258 e. The summed E-state index contributed by atoms with van der Waals surface area (Å²) < 4.78 is 0. The summed E-state index contributed by atoms with van der Waals surface area (Å²) in [7, 11) is 0. The second-order valence-corrected chi connectivity index (χ2v) is 7.02. The van der Waals surface area contributed by atoms with Crippen molar-refractivity contribution in [1.82, 2.24) is 19.9 Å². The van der Waals surface area contributed by atoms with Gasteiger partial charge < -0.3 is 0 Å². The van der Waals surface area contributed by atoms with Gasteiger partial charge in [-0.25, -0.2) is 0 Å². The summed E-state index contributed by atoms with van der Waals surface area (Å²) in [6.45, 7) is 0. The Hall–Kier alpha value is -5.00. The van der Waals surface area contributed by atoms with Crippen LogP contribution in [0.2, 0.25) is 0 Å². The molecule has 6 rings (SSSR count). The first-order chi connectivity index (χ1) is 15.2. The number of hydrogen-bond acceptors (Lipinski definition) is 8. The molecule has 12 nitrogen and oxygen atoms in total. The van der Waals surface area contributed by atoms with Gasteiger partial charge in [-0.3, -0.25) is 58.3 Å². The number of hydrogen-bond donors (Lipinski definition) is 4. The fraction of sp³-hybridized carbons (Fsp3) is 0. The van der Waals surface area contributed by atoms with Gasteiger partial charge in [0.25, 0.3) is 44.5 Å². The molecule has 0 atom stereocenters. The number of rotatable bonds is 0. The topological polar surface area (TPSA) is 200 Å². The Morgan fingerprint density at radius 1 is 0.281 bits per heavy atom. The Labute approximate surface area is 170 Å². The van der Waals surface area contributed by atoms with Crippen molar-refractivity contribution in [2.24, 2.45) is 0 Å². The highest BCUT2D eigenvalue weighted by Crippen LogP contribution is 2.13. The van der Waals surface area contributed by atoms with Gasteiger partial charge in [0.15, 0.2) is 0 Å². The van der Waals surface area contributed by atoms with Crippen LogP contribution in [-0.4, -0.2) is 19.9 Å². The van der Waals surface area contributed by atoms with E-state index < -0.39 is 44.5 Å². The van der Waals surface area contributed by atoms with Crippen molar-refractivity contribution in [1.29, 1.82) is 0 Å². The molecule has 0 aliphatic rings. The van der Waals surface area contributed by atoms with Crippen LogP contribution in [0.4, 0.5) is 0 Å². The molecular weight excluding hydrogens is 424 g/mol. The average Bonchev–Trinajstić information content (AvgIpc) is 3.39. The van der Waals surface area contributed by atoms with Crippen LogP contribution in [0.25, 0.3) is 43.1 Å². The first kappa shape index (κ1) is 19.0. The maximum atomic E-state index is 11.3. The largest absolute Gasteiger partial charge is 0.288 e. The Balaban J connectivity index is 0.000000135. The van der Waals surface area contributed by atoms with E-state index in [9.17, 15) is 38.4 Å². The van der Waals surface area contributed by atoms with Crippen LogP contribution in [0, 0.1) is 0 Å². The molecule has 0 amide bonds. The van der Waals surface area contributed by atoms with E-state index in [4.69, 9.17) is 0 Å². The van der Waals surface area contributed by atoms with Crippen molar-refractivity contribution < 1.29 is 0 Å². The van der Waals surface area contributed by atoms with Crippen molar-refractivity contribution in [3.05, 3.63) is 107 Å². The molecule has 4 aromatic heterocycles. The minimum absolute atomic E-state index is 0.133. The lowest BCUT2D eigenvalue weighted by Gasteiger charge is -1.86. The third kappa shape index (κ3) is 2.56. The van der Waals surface area contributed by atoms with Crippen molar-refractivity contribution in [3.63, 3.8) is 0 Å². The zero-order valence-corrected chi connectivity index (χ0v) is 15.6. The lowest BCUT2D eigenvalue weighted by Crippen LogP contribution is -2.06. The Morgan fingerprint density at radius 2 is 0.406 bits per heavy atom. The van der Waals surface area contributed by atoms with Crippen molar-refractivity contribution >= 4 is 43.1 Å². The molecule has 0 radical (unpaired) electrons. The van der Waals surface area contributed by atoms with Crippen LogP contribution >= 0.6 is 0 Å². The first-order valence-electron chi connectivity index (χ1n) is 8.94. The molecule has 4 heterocycles. The summed E-state index contributed by atoms with van der Waals surface area (Å²) in [5.74, 6) is 0. The minimum atomic E-state index is -0.546. The van der Waals surface area contributed by atoms with E-state index in [1.165, 1.54) is 24.3 Å². The summed E-state index contributed by atoms with van der Waals surface area (Å²) in [5.41, 5.74) is -4.37. The maximum Gasteiger partial charge on any atom is 0.258 e. The quantitative estimate of drug-likeness (QED) is 0.210. The van der Waals surface area contributed by atoms with Gasteiger partial charge in [-0.1, -0.05) is 0 Å². The molecule has 0 aliphatic heterocycles. The molecular formula is C20H8N4O8. The Kier molecular flexibility index (Phi) is 3.71.